The van der Waals surface area contributed by atoms with Gasteiger partial charge in [0.1, 0.15) is 12.1 Å². The van der Waals surface area contributed by atoms with Gasteiger partial charge in [-0.2, -0.15) is 0 Å². The van der Waals surface area contributed by atoms with Crippen molar-refractivity contribution < 1.29 is 4.79 Å². The largest absolute Gasteiger partial charge is 0.348 e. The van der Waals surface area contributed by atoms with Crippen LogP contribution in [0.25, 0.3) is 5.82 Å². The molecule has 1 aromatic carbocycles. The first-order chi connectivity index (χ1) is 12.6. The molecule has 0 aliphatic heterocycles. The maximum Gasteiger partial charge on any atom is 0.251 e. The van der Waals surface area contributed by atoms with E-state index in [1.807, 2.05) is 32.3 Å². The number of carbonyl (C=O) groups is 1. The Hall–Kier alpha value is -2.99. The van der Waals surface area contributed by atoms with Crippen molar-refractivity contribution in [1.82, 2.24) is 24.8 Å². The van der Waals surface area contributed by atoms with Gasteiger partial charge in [0.15, 0.2) is 0 Å². The highest BCUT2D eigenvalue weighted by molar-refractivity contribution is 5.94. The fraction of sp³-hybridized carbons (Fsp3) is 0.250. The molecule has 0 fully saturated rings. The van der Waals surface area contributed by atoms with Gasteiger partial charge in [-0.1, -0.05) is 30.3 Å². The zero-order valence-electron chi connectivity index (χ0n) is 15.0. The van der Waals surface area contributed by atoms with Crippen LogP contribution in [0.5, 0.6) is 0 Å². The number of benzene rings is 1. The van der Waals surface area contributed by atoms with E-state index >= 15 is 0 Å². The van der Waals surface area contributed by atoms with Crippen LogP contribution in [-0.4, -0.2) is 52.0 Å². The molecule has 0 aliphatic rings. The van der Waals surface area contributed by atoms with Crippen molar-refractivity contribution in [3.63, 3.8) is 0 Å². The number of hydrogen-bond acceptors (Lipinski definition) is 4. The molecular formula is C20H23N5O. The van der Waals surface area contributed by atoms with Crippen LogP contribution < -0.4 is 5.32 Å². The summed E-state index contributed by atoms with van der Waals surface area (Å²) in [6.45, 7) is 0.764. The third-order valence-electron chi connectivity index (χ3n) is 4.02. The van der Waals surface area contributed by atoms with E-state index in [0.29, 0.717) is 11.4 Å². The van der Waals surface area contributed by atoms with Crippen LogP contribution >= 0.6 is 0 Å². The van der Waals surface area contributed by atoms with Gasteiger partial charge in [-0.25, -0.2) is 9.97 Å². The topological polar surface area (TPSA) is 63.1 Å². The molecule has 2 aromatic heterocycles. The summed E-state index contributed by atoms with van der Waals surface area (Å²) in [5.41, 5.74) is 1.79. The Labute approximate surface area is 153 Å². The lowest BCUT2D eigenvalue weighted by atomic mass is 10.1. The summed E-state index contributed by atoms with van der Waals surface area (Å²) < 4.78 is 1.78. The molecule has 134 valence electrons. The molecule has 0 aliphatic carbocycles. The second-order valence-electron chi connectivity index (χ2n) is 6.50. The summed E-state index contributed by atoms with van der Waals surface area (Å²) in [5.74, 6) is 0.568. The second kappa shape index (κ2) is 8.40. The van der Waals surface area contributed by atoms with E-state index in [4.69, 9.17) is 0 Å². The van der Waals surface area contributed by atoms with E-state index in [1.54, 1.807) is 41.6 Å². The van der Waals surface area contributed by atoms with Gasteiger partial charge in [0.25, 0.3) is 5.91 Å². The fourth-order valence-electron chi connectivity index (χ4n) is 2.86. The van der Waals surface area contributed by atoms with Crippen LogP contribution in [0.4, 0.5) is 0 Å². The highest BCUT2D eigenvalue weighted by Crippen LogP contribution is 2.09. The van der Waals surface area contributed by atoms with E-state index in [0.717, 1.165) is 13.0 Å². The van der Waals surface area contributed by atoms with Crippen molar-refractivity contribution >= 4 is 5.91 Å². The summed E-state index contributed by atoms with van der Waals surface area (Å²) >= 11 is 0. The third kappa shape index (κ3) is 4.77. The first kappa shape index (κ1) is 17.8. The Bertz CT molecular complexity index is 830. The van der Waals surface area contributed by atoms with Crippen molar-refractivity contribution in [2.45, 2.75) is 12.5 Å². The molecule has 0 radical (unpaired) electrons. The lowest BCUT2D eigenvalue weighted by molar-refractivity contribution is 0.0930. The van der Waals surface area contributed by atoms with Crippen LogP contribution in [-0.2, 0) is 6.42 Å². The Balaban J connectivity index is 1.74. The van der Waals surface area contributed by atoms with Crippen LogP contribution in [0, 0.1) is 0 Å². The van der Waals surface area contributed by atoms with Crippen molar-refractivity contribution in [2.24, 2.45) is 0 Å². The van der Waals surface area contributed by atoms with Gasteiger partial charge in [0.05, 0.1) is 0 Å². The first-order valence-electron chi connectivity index (χ1n) is 8.56. The second-order valence-corrected chi connectivity index (χ2v) is 6.50. The normalized spacial score (nSPS) is 12.1. The van der Waals surface area contributed by atoms with E-state index in [9.17, 15) is 4.79 Å². The van der Waals surface area contributed by atoms with Crippen LogP contribution in [0.3, 0.4) is 0 Å². The van der Waals surface area contributed by atoms with Crippen molar-refractivity contribution in [1.29, 1.82) is 0 Å². The van der Waals surface area contributed by atoms with E-state index in [1.165, 1.54) is 5.56 Å². The monoisotopic (exact) mass is 349 g/mol. The summed E-state index contributed by atoms with van der Waals surface area (Å²) in [5, 5.41) is 3.15. The number of imidazole rings is 1. The number of nitrogens with one attached hydrogen (secondary N) is 1. The molecule has 0 bridgehead atoms. The maximum absolute atomic E-state index is 12.8. The van der Waals surface area contributed by atoms with E-state index in [2.05, 4.69) is 32.3 Å². The molecule has 6 nitrogen and oxygen atoms in total. The predicted octanol–water partition coefficient (Wildman–Crippen LogP) is 2.17. The van der Waals surface area contributed by atoms with Gasteiger partial charge in [0.2, 0.25) is 0 Å². The minimum Gasteiger partial charge on any atom is -0.348 e. The molecule has 0 unspecified atom stereocenters. The lowest BCUT2D eigenvalue weighted by Gasteiger charge is -2.22. The van der Waals surface area contributed by atoms with Crippen LogP contribution in [0.15, 0.2) is 67.4 Å². The Kier molecular flexibility index (Phi) is 5.76. The number of aromatic nitrogens is 3. The van der Waals surface area contributed by atoms with Crippen LogP contribution in [0.1, 0.15) is 15.9 Å². The van der Waals surface area contributed by atoms with Gasteiger partial charge >= 0.3 is 0 Å². The molecule has 0 saturated heterocycles. The molecule has 2 heterocycles. The number of rotatable bonds is 7. The molecule has 1 atom stereocenters. The Morgan fingerprint density at radius 1 is 1.19 bits per heavy atom. The van der Waals surface area contributed by atoms with Crippen LogP contribution in [0.2, 0.25) is 0 Å². The number of amides is 1. The van der Waals surface area contributed by atoms with E-state index in [-0.39, 0.29) is 11.9 Å². The van der Waals surface area contributed by atoms with Gasteiger partial charge in [0, 0.05) is 36.7 Å². The van der Waals surface area contributed by atoms with Crippen molar-refractivity contribution in [2.75, 3.05) is 20.6 Å². The minimum absolute atomic E-state index is 0.0183. The zero-order chi connectivity index (χ0) is 18.4. The number of nitrogens with zero attached hydrogens (tertiary/aromatic N) is 4. The molecule has 3 aromatic rings. The molecule has 1 N–H and O–H groups in total. The molecule has 6 heteroatoms. The van der Waals surface area contributed by atoms with Gasteiger partial charge in [-0.3, -0.25) is 9.36 Å². The van der Waals surface area contributed by atoms with Crippen molar-refractivity contribution in [3.8, 4) is 5.82 Å². The standard InChI is InChI=1S/C20H23N5O/c1-24(2)14-18(12-16-6-4-3-5-7-16)23-20(26)17-8-9-22-19(13-17)25-11-10-21-15-25/h3-11,13,15,18H,12,14H2,1-2H3,(H,23,26)/t18-/m0/s1. The summed E-state index contributed by atoms with van der Waals surface area (Å²) in [6.07, 6.45) is 7.57. The van der Waals surface area contributed by atoms with Gasteiger partial charge < -0.3 is 10.2 Å². The zero-order valence-corrected chi connectivity index (χ0v) is 15.0. The quantitative estimate of drug-likeness (QED) is 0.710. The molecule has 3 rings (SSSR count). The number of likely N-dealkylation sites (N-methyl/N-ethyl adjacent to an activating group) is 1. The van der Waals surface area contributed by atoms with Crippen molar-refractivity contribution in [3.05, 3.63) is 78.5 Å². The number of carbonyl (C=O) groups excluding carboxylic acids is 1. The average molecular weight is 349 g/mol. The molecule has 0 spiro atoms. The summed E-state index contributed by atoms with van der Waals surface area (Å²) in [7, 11) is 4.02. The Morgan fingerprint density at radius 3 is 2.69 bits per heavy atom. The summed E-state index contributed by atoms with van der Waals surface area (Å²) in [6, 6.07) is 13.7. The molecule has 0 saturated carbocycles. The SMILES string of the molecule is CN(C)C[C@H](Cc1ccccc1)NC(=O)c1ccnc(-n2ccnc2)c1. The molecule has 26 heavy (non-hydrogen) atoms. The van der Waals surface area contributed by atoms with Gasteiger partial charge in [-0.05, 0) is 38.2 Å². The van der Waals surface area contributed by atoms with E-state index < -0.39 is 0 Å². The average Bonchev–Trinajstić information content (AvgIpc) is 3.17. The predicted molar refractivity (Wildman–Crippen MR) is 101 cm³/mol. The third-order valence-corrected chi connectivity index (χ3v) is 4.02. The smallest absolute Gasteiger partial charge is 0.251 e. The highest BCUT2D eigenvalue weighted by Gasteiger charge is 2.16. The fourth-order valence-corrected chi connectivity index (χ4v) is 2.86. The maximum atomic E-state index is 12.8. The number of hydrogen-bond donors (Lipinski definition) is 1. The highest BCUT2D eigenvalue weighted by atomic mass is 16.1. The summed E-state index contributed by atoms with van der Waals surface area (Å²) in [4.78, 5) is 23.2. The molecular weight excluding hydrogens is 326 g/mol. The first-order valence-corrected chi connectivity index (χ1v) is 8.56. The molecule has 1 amide bonds. The lowest BCUT2D eigenvalue weighted by Crippen LogP contribution is -2.43. The minimum atomic E-state index is -0.100. The number of pyridine rings is 1. The Morgan fingerprint density at radius 2 is 2.00 bits per heavy atom. The van der Waals surface area contributed by atoms with Gasteiger partial charge in [-0.15, -0.1) is 0 Å².